The molecule has 1 aromatic heterocycles. The van der Waals surface area contributed by atoms with Crippen LogP contribution in [0.5, 0.6) is 0 Å². The Labute approximate surface area is 146 Å². The molecule has 0 atom stereocenters. The van der Waals surface area contributed by atoms with Gasteiger partial charge in [0.1, 0.15) is 10.8 Å². The zero-order chi connectivity index (χ0) is 16.8. The minimum absolute atomic E-state index is 0.275. The van der Waals surface area contributed by atoms with Crippen LogP contribution >= 0.6 is 11.8 Å². The molecule has 126 valence electrons. The van der Waals surface area contributed by atoms with Gasteiger partial charge >= 0.3 is 0 Å². The molecule has 1 aliphatic rings. The van der Waals surface area contributed by atoms with Crippen LogP contribution in [0, 0.1) is 0 Å². The first kappa shape index (κ1) is 16.7. The molecule has 24 heavy (non-hydrogen) atoms. The molecule has 2 heterocycles. The normalized spacial score (nSPS) is 15.4. The molecular formula is C17H21N5OS. The monoisotopic (exact) mass is 343 g/mol. The van der Waals surface area contributed by atoms with Gasteiger partial charge in [-0.25, -0.2) is 4.98 Å². The molecule has 0 bridgehead atoms. The van der Waals surface area contributed by atoms with E-state index in [1.165, 1.54) is 5.56 Å². The number of hydrogen-bond acceptors (Lipinski definition) is 6. The van der Waals surface area contributed by atoms with E-state index in [0.29, 0.717) is 6.54 Å². The Hall–Kier alpha value is -2.12. The van der Waals surface area contributed by atoms with E-state index >= 15 is 0 Å². The lowest BCUT2D eigenvalue weighted by Gasteiger charge is -2.34. The second kappa shape index (κ2) is 8.12. The second-order valence-electron chi connectivity index (χ2n) is 5.72. The fourth-order valence-electron chi connectivity index (χ4n) is 2.65. The molecule has 0 unspecified atom stereocenters. The molecule has 1 amide bonds. The van der Waals surface area contributed by atoms with Crippen LogP contribution in [0.4, 0.5) is 5.82 Å². The summed E-state index contributed by atoms with van der Waals surface area (Å²) in [5, 5.41) is 0.927. The second-order valence-corrected chi connectivity index (χ2v) is 6.71. The highest BCUT2D eigenvalue weighted by molar-refractivity contribution is 7.98. The van der Waals surface area contributed by atoms with Gasteiger partial charge in [-0.3, -0.25) is 14.7 Å². The quantitative estimate of drug-likeness (QED) is 0.799. The minimum atomic E-state index is -0.275. The number of thioether (sulfide) groups is 1. The van der Waals surface area contributed by atoms with Gasteiger partial charge in [0.15, 0.2) is 0 Å². The van der Waals surface area contributed by atoms with Crippen molar-refractivity contribution >= 4 is 23.5 Å². The molecule has 1 aliphatic heterocycles. The van der Waals surface area contributed by atoms with Gasteiger partial charge in [0, 0.05) is 31.9 Å². The molecule has 1 fully saturated rings. The van der Waals surface area contributed by atoms with Gasteiger partial charge < -0.3 is 10.6 Å². The average Bonchev–Trinajstić information content (AvgIpc) is 2.61. The number of nitrogens with zero attached hydrogens (tertiary/aromatic N) is 4. The van der Waals surface area contributed by atoms with Crippen molar-refractivity contribution in [3.8, 4) is 0 Å². The number of primary amides is 1. The lowest BCUT2D eigenvalue weighted by Crippen LogP contribution is -2.49. The number of nitrogens with two attached hydrogens (primary N) is 1. The molecule has 1 saturated heterocycles. The number of carbonyl (C=O) groups is 1. The number of benzene rings is 1. The zero-order valence-corrected chi connectivity index (χ0v) is 14.3. The van der Waals surface area contributed by atoms with E-state index in [4.69, 9.17) is 10.7 Å². The fraction of sp³-hybridized carbons (Fsp3) is 0.353. The Bertz CT molecular complexity index is 674. The molecular weight excluding hydrogens is 322 g/mol. The first-order valence-electron chi connectivity index (χ1n) is 7.95. The van der Waals surface area contributed by atoms with Crippen LogP contribution in [0.3, 0.4) is 0 Å². The van der Waals surface area contributed by atoms with E-state index in [9.17, 15) is 4.79 Å². The van der Waals surface area contributed by atoms with E-state index in [2.05, 4.69) is 26.9 Å². The average molecular weight is 343 g/mol. The molecule has 0 aliphatic carbocycles. The van der Waals surface area contributed by atoms with E-state index in [1.54, 1.807) is 24.2 Å². The summed E-state index contributed by atoms with van der Waals surface area (Å²) < 4.78 is 0. The maximum Gasteiger partial charge on any atom is 0.231 e. The molecule has 6 nitrogen and oxygen atoms in total. The van der Waals surface area contributed by atoms with Crippen molar-refractivity contribution in [2.45, 2.75) is 10.8 Å². The highest BCUT2D eigenvalue weighted by atomic mass is 32.2. The fourth-order valence-corrected chi connectivity index (χ4v) is 3.45. The summed E-state index contributed by atoms with van der Waals surface area (Å²) in [5.74, 6) is 1.50. The summed E-state index contributed by atoms with van der Waals surface area (Å²) in [6.45, 7) is 3.61. The van der Waals surface area contributed by atoms with Gasteiger partial charge in [0.2, 0.25) is 5.91 Å². The van der Waals surface area contributed by atoms with Crippen molar-refractivity contribution in [2.24, 2.45) is 5.73 Å². The maximum absolute atomic E-state index is 11.0. The summed E-state index contributed by atoms with van der Waals surface area (Å²) in [4.78, 5) is 24.3. The van der Waals surface area contributed by atoms with Crippen molar-refractivity contribution in [2.75, 3.05) is 37.6 Å². The Morgan fingerprint density at radius 2 is 1.88 bits per heavy atom. The van der Waals surface area contributed by atoms with Gasteiger partial charge in [-0.1, -0.05) is 30.3 Å². The maximum atomic E-state index is 11.0. The lowest BCUT2D eigenvalue weighted by atomic mass is 10.2. The first-order valence-corrected chi connectivity index (χ1v) is 8.93. The van der Waals surface area contributed by atoms with Gasteiger partial charge in [0.25, 0.3) is 0 Å². The highest BCUT2D eigenvalue weighted by Gasteiger charge is 2.19. The molecule has 0 radical (unpaired) electrons. The third kappa shape index (κ3) is 4.69. The molecule has 2 N–H and O–H groups in total. The molecule has 3 rings (SSSR count). The molecule has 2 aromatic rings. The number of anilines is 1. The third-order valence-electron chi connectivity index (χ3n) is 3.90. The number of piperazine rings is 1. The predicted octanol–water partition coefficient (Wildman–Crippen LogP) is 1.38. The Kier molecular flexibility index (Phi) is 5.66. The summed E-state index contributed by atoms with van der Waals surface area (Å²) in [7, 11) is 0. The van der Waals surface area contributed by atoms with Crippen LogP contribution in [0.25, 0.3) is 0 Å². The summed E-state index contributed by atoms with van der Waals surface area (Å²) in [6.07, 6.45) is 3.61. The number of amides is 1. The number of aromatic nitrogens is 2. The SMILES string of the molecule is NC(=O)CN1CCN(c2cncc(SCc3ccccc3)n2)CC1. The Morgan fingerprint density at radius 3 is 2.58 bits per heavy atom. The molecule has 7 heteroatoms. The van der Waals surface area contributed by atoms with Crippen LogP contribution in [0.1, 0.15) is 5.56 Å². The number of hydrogen-bond donors (Lipinski definition) is 1. The third-order valence-corrected chi connectivity index (χ3v) is 4.88. The summed E-state index contributed by atoms with van der Waals surface area (Å²) in [6, 6.07) is 10.3. The van der Waals surface area contributed by atoms with Crippen molar-refractivity contribution < 1.29 is 4.79 Å². The predicted molar refractivity (Wildman–Crippen MR) is 95.9 cm³/mol. The van der Waals surface area contributed by atoms with Crippen LogP contribution in [0.15, 0.2) is 47.8 Å². The van der Waals surface area contributed by atoms with Crippen LogP contribution in [0.2, 0.25) is 0 Å². The lowest BCUT2D eigenvalue weighted by molar-refractivity contribution is -0.119. The van der Waals surface area contributed by atoms with Gasteiger partial charge in [-0.2, -0.15) is 0 Å². The van der Waals surface area contributed by atoms with Crippen LogP contribution < -0.4 is 10.6 Å². The largest absolute Gasteiger partial charge is 0.369 e. The topological polar surface area (TPSA) is 75.4 Å². The molecule has 0 spiro atoms. The van der Waals surface area contributed by atoms with Gasteiger partial charge in [-0.15, -0.1) is 11.8 Å². The Balaban J connectivity index is 1.56. The molecule has 0 saturated carbocycles. The zero-order valence-electron chi connectivity index (χ0n) is 13.5. The first-order chi connectivity index (χ1) is 11.7. The Morgan fingerprint density at radius 1 is 1.12 bits per heavy atom. The van der Waals surface area contributed by atoms with Crippen molar-refractivity contribution in [3.05, 3.63) is 48.3 Å². The minimum Gasteiger partial charge on any atom is -0.369 e. The standard InChI is InChI=1S/C17H21N5OS/c18-15(23)12-21-6-8-22(9-7-21)16-10-19-11-17(20-16)24-13-14-4-2-1-3-5-14/h1-5,10-11H,6-9,12-13H2,(H2,18,23). The van der Waals surface area contributed by atoms with E-state index in [-0.39, 0.29) is 5.91 Å². The van der Waals surface area contributed by atoms with E-state index < -0.39 is 0 Å². The van der Waals surface area contributed by atoms with Gasteiger partial charge in [0.05, 0.1) is 18.9 Å². The summed E-state index contributed by atoms with van der Waals surface area (Å²) >= 11 is 1.69. The number of rotatable bonds is 6. The van der Waals surface area contributed by atoms with E-state index in [0.717, 1.165) is 42.8 Å². The number of carbonyl (C=O) groups excluding carboxylic acids is 1. The van der Waals surface area contributed by atoms with E-state index in [1.807, 2.05) is 18.2 Å². The smallest absolute Gasteiger partial charge is 0.231 e. The van der Waals surface area contributed by atoms with Crippen molar-refractivity contribution in [3.63, 3.8) is 0 Å². The molecule has 1 aromatic carbocycles. The van der Waals surface area contributed by atoms with Crippen molar-refractivity contribution in [1.29, 1.82) is 0 Å². The summed E-state index contributed by atoms with van der Waals surface area (Å²) in [5.41, 5.74) is 6.52. The van der Waals surface area contributed by atoms with Crippen LogP contribution in [-0.4, -0.2) is 53.5 Å². The van der Waals surface area contributed by atoms with Crippen molar-refractivity contribution in [1.82, 2.24) is 14.9 Å². The van der Waals surface area contributed by atoms with Gasteiger partial charge in [-0.05, 0) is 5.56 Å². The van der Waals surface area contributed by atoms with Crippen LogP contribution in [-0.2, 0) is 10.5 Å². The highest BCUT2D eigenvalue weighted by Crippen LogP contribution is 2.22.